The van der Waals surface area contributed by atoms with Gasteiger partial charge in [-0.1, -0.05) is 41.5 Å². The highest BCUT2D eigenvalue weighted by Crippen LogP contribution is 2.31. The molecule has 0 aliphatic rings. The van der Waals surface area contributed by atoms with Crippen LogP contribution in [0.2, 0.25) is 10.0 Å². The molecule has 0 radical (unpaired) electrons. The number of benzene rings is 2. The molecule has 0 aliphatic heterocycles. The maximum atomic E-state index is 12.9. The zero-order chi connectivity index (χ0) is 22.9. The van der Waals surface area contributed by atoms with Crippen LogP contribution in [0.25, 0.3) is 33.7 Å². The summed E-state index contributed by atoms with van der Waals surface area (Å²) in [6.45, 7) is 2.73. The molecule has 33 heavy (non-hydrogen) atoms. The third kappa shape index (κ3) is 4.39. The standard InChI is InChI=1S/C24H17Cl2N3O3S/c1-2-11-31-16-6-3-14(4-7-16)22-27-24-29(28-22)23(30)21(33-24)13-17-8-10-20(32-17)18-9-5-15(25)12-19(18)26/h3-10,12-13H,2,11H2,1H3. The van der Waals surface area contributed by atoms with Crippen LogP contribution >= 0.6 is 34.5 Å². The molecule has 0 atom stereocenters. The van der Waals surface area contributed by atoms with Gasteiger partial charge in [0.2, 0.25) is 4.96 Å². The van der Waals surface area contributed by atoms with Gasteiger partial charge in [0, 0.05) is 22.2 Å². The van der Waals surface area contributed by atoms with Crippen LogP contribution < -0.4 is 14.8 Å². The summed E-state index contributed by atoms with van der Waals surface area (Å²) in [4.78, 5) is 17.9. The second-order valence-corrected chi connectivity index (χ2v) is 9.10. The third-order valence-corrected chi connectivity index (χ3v) is 6.37. The lowest BCUT2D eigenvalue weighted by atomic mass is 10.2. The highest BCUT2D eigenvalue weighted by molar-refractivity contribution is 7.15. The van der Waals surface area contributed by atoms with Gasteiger partial charge in [-0.05, 0) is 61.0 Å². The number of halogens is 2. The van der Waals surface area contributed by atoms with Crippen LogP contribution in [0.3, 0.4) is 0 Å². The summed E-state index contributed by atoms with van der Waals surface area (Å²) < 4.78 is 13.3. The summed E-state index contributed by atoms with van der Waals surface area (Å²) >= 11 is 13.5. The van der Waals surface area contributed by atoms with Crippen LogP contribution in [0.1, 0.15) is 19.1 Å². The average Bonchev–Trinajstić information content (AvgIpc) is 3.50. The fourth-order valence-corrected chi connectivity index (χ4v) is 4.66. The number of ether oxygens (including phenoxy) is 1. The Labute approximate surface area is 202 Å². The number of furan rings is 1. The molecule has 0 fully saturated rings. The van der Waals surface area contributed by atoms with E-state index in [1.807, 2.05) is 24.3 Å². The van der Waals surface area contributed by atoms with Crippen LogP contribution in [0.5, 0.6) is 5.75 Å². The molecule has 0 bridgehead atoms. The van der Waals surface area contributed by atoms with Gasteiger partial charge in [0.25, 0.3) is 5.56 Å². The number of hydrogen-bond donors (Lipinski definition) is 0. The molecular formula is C24H17Cl2N3O3S. The molecule has 0 aliphatic carbocycles. The molecule has 0 spiro atoms. The van der Waals surface area contributed by atoms with Gasteiger partial charge in [-0.3, -0.25) is 4.79 Å². The summed E-state index contributed by atoms with van der Waals surface area (Å²) in [6.07, 6.45) is 2.62. The van der Waals surface area contributed by atoms with Crippen molar-refractivity contribution >= 4 is 45.6 Å². The van der Waals surface area contributed by atoms with E-state index in [0.29, 0.717) is 43.5 Å². The fraction of sp³-hybridized carbons (Fsp3) is 0.125. The van der Waals surface area contributed by atoms with Crippen molar-refractivity contribution in [3.8, 4) is 28.5 Å². The second kappa shape index (κ2) is 9.02. The molecule has 3 heterocycles. The Morgan fingerprint density at radius 2 is 1.94 bits per heavy atom. The Morgan fingerprint density at radius 3 is 2.67 bits per heavy atom. The van der Waals surface area contributed by atoms with Crippen LogP contribution in [0, 0.1) is 0 Å². The van der Waals surface area contributed by atoms with E-state index in [9.17, 15) is 4.79 Å². The van der Waals surface area contributed by atoms with Crippen molar-refractivity contribution in [1.82, 2.24) is 14.6 Å². The van der Waals surface area contributed by atoms with Crippen LogP contribution in [-0.4, -0.2) is 21.2 Å². The summed E-state index contributed by atoms with van der Waals surface area (Å²) in [5.74, 6) is 2.40. The van der Waals surface area contributed by atoms with Crippen molar-refractivity contribution in [1.29, 1.82) is 0 Å². The number of hydrogen-bond acceptors (Lipinski definition) is 6. The van der Waals surface area contributed by atoms with Crippen molar-refractivity contribution in [3.05, 3.63) is 85.3 Å². The molecule has 9 heteroatoms. The zero-order valence-corrected chi connectivity index (χ0v) is 19.7. The predicted molar refractivity (Wildman–Crippen MR) is 131 cm³/mol. The van der Waals surface area contributed by atoms with Gasteiger partial charge in [-0.25, -0.2) is 0 Å². The molecule has 5 aromatic rings. The summed E-state index contributed by atoms with van der Waals surface area (Å²) in [6, 6.07) is 16.3. The summed E-state index contributed by atoms with van der Waals surface area (Å²) in [5, 5.41) is 5.43. The van der Waals surface area contributed by atoms with Crippen LogP contribution in [0.15, 0.2) is 63.8 Å². The van der Waals surface area contributed by atoms with Gasteiger partial charge in [0.1, 0.15) is 21.8 Å². The first-order valence-corrected chi connectivity index (χ1v) is 11.8. The van der Waals surface area contributed by atoms with Crippen LogP contribution in [0.4, 0.5) is 0 Å². The van der Waals surface area contributed by atoms with Crippen molar-refractivity contribution in [2.45, 2.75) is 13.3 Å². The first-order valence-electron chi connectivity index (χ1n) is 10.2. The molecule has 0 saturated heterocycles. The smallest absolute Gasteiger partial charge is 0.291 e. The Kier molecular flexibility index (Phi) is 5.93. The van der Waals surface area contributed by atoms with Crippen molar-refractivity contribution in [2.24, 2.45) is 0 Å². The van der Waals surface area contributed by atoms with Gasteiger partial charge in [0.15, 0.2) is 5.82 Å². The highest BCUT2D eigenvalue weighted by atomic mass is 35.5. The van der Waals surface area contributed by atoms with E-state index in [1.165, 1.54) is 15.9 Å². The van der Waals surface area contributed by atoms with E-state index >= 15 is 0 Å². The first-order chi connectivity index (χ1) is 16.0. The number of rotatable bonds is 6. The van der Waals surface area contributed by atoms with Gasteiger partial charge < -0.3 is 9.15 Å². The number of fused-ring (bicyclic) bond motifs is 1. The molecule has 0 saturated carbocycles. The number of aromatic nitrogens is 3. The van der Waals surface area contributed by atoms with Gasteiger partial charge in [0.05, 0.1) is 11.6 Å². The lowest BCUT2D eigenvalue weighted by Gasteiger charge is -2.04. The van der Waals surface area contributed by atoms with Crippen LogP contribution in [-0.2, 0) is 0 Å². The van der Waals surface area contributed by atoms with E-state index in [2.05, 4.69) is 17.0 Å². The fourth-order valence-electron chi connectivity index (χ4n) is 3.27. The van der Waals surface area contributed by atoms with E-state index in [0.717, 1.165) is 23.3 Å². The van der Waals surface area contributed by atoms with Gasteiger partial charge in [-0.2, -0.15) is 9.50 Å². The van der Waals surface area contributed by atoms with E-state index < -0.39 is 0 Å². The third-order valence-electron chi connectivity index (χ3n) is 4.86. The quantitative estimate of drug-likeness (QED) is 0.300. The molecule has 5 rings (SSSR count). The van der Waals surface area contributed by atoms with Gasteiger partial charge in [-0.15, -0.1) is 5.10 Å². The summed E-state index contributed by atoms with van der Waals surface area (Å²) in [5.41, 5.74) is 1.29. The topological polar surface area (TPSA) is 69.6 Å². The normalized spacial score (nSPS) is 12.0. The molecule has 2 aromatic carbocycles. The Morgan fingerprint density at radius 1 is 1.12 bits per heavy atom. The Bertz CT molecular complexity index is 1550. The lowest BCUT2D eigenvalue weighted by molar-refractivity contribution is 0.317. The molecule has 166 valence electrons. The van der Waals surface area contributed by atoms with Crippen molar-refractivity contribution in [2.75, 3.05) is 6.61 Å². The Balaban J connectivity index is 1.43. The predicted octanol–water partition coefficient (Wildman–Crippen LogP) is 5.72. The minimum atomic E-state index is -0.251. The molecule has 0 N–H and O–H groups in total. The largest absolute Gasteiger partial charge is 0.494 e. The maximum Gasteiger partial charge on any atom is 0.291 e. The number of thiazole rings is 1. The maximum absolute atomic E-state index is 12.9. The summed E-state index contributed by atoms with van der Waals surface area (Å²) in [7, 11) is 0. The monoisotopic (exact) mass is 497 g/mol. The minimum absolute atomic E-state index is 0.251. The van der Waals surface area contributed by atoms with Crippen molar-refractivity contribution < 1.29 is 9.15 Å². The minimum Gasteiger partial charge on any atom is -0.494 e. The molecule has 6 nitrogen and oxygen atoms in total. The molecule has 3 aromatic heterocycles. The van der Waals surface area contributed by atoms with E-state index in [1.54, 1.807) is 36.4 Å². The Hall–Kier alpha value is -3.13. The SMILES string of the molecule is CCCOc1ccc(-c2nc3sc(=Cc4ccc(-c5ccc(Cl)cc5Cl)o4)c(=O)n3n2)cc1. The highest BCUT2D eigenvalue weighted by Gasteiger charge is 2.13. The van der Waals surface area contributed by atoms with E-state index in [4.69, 9.17) is 32.4 Å². The zero-order valence-electron chi connectivity index (χ0n) is 17.4. The van der Waals surface area contributed by atoms with E-state index in [-0.39, 0.29) is 5.56 Å². The molecule has 0 unspecified atom stereocenters. The average molecular weight is 498 g/mol. The molecular weight excluding hydrogens is 481 g/mol. The first kappa shape index (κ1) is 21.7. The number of nitrogens with zero attached hydrogens (tertiary/aromatic N) is 3. The van der Waals surface area contributed by atoms with Gasteiger partial charge >= 0.3 is 0 Å². The lowest BCUT2D eigenvalue weighted by Crippen LogP contribution is -2.23. The van der Waals surface area contributed by atoms with Crippen molar-refractivity contribution in [3.63, 3.8) is 0 Å². The molecule has 0 amide bonds. The second-order valence-electron chi connectivity index (χ2n) is 7.24.